The molecule has 0 heterocycles. The van der Waals surface area contributed by atoms with E-state index in [2.05, 4.69) is 0 Å². The first-order chi connectivity index (χ1) is 7.41. The van der Waals surface area contributed by atoms with Crippen molar-refractivity contribution in [1.82, 2.24) is 0 Å². The van der Waals surface area contributed by atoms with Crippen molar-refractivity contribution < 1.29 is 14.7 Å². The van der Waals surface area contributed by atoms with Gasteiger partial charge in [-0.05, 0) is 18.8 Å². The molecule has 1 aliphatic carbocycles. The van der Waals surface area contributed by atoms with Crippen LogP contribution in [0.25, 0.3) is 0 Å². The lowest BCUT2D eigenvalue weighted by Crippen LogP contribution is -2.48. The number of carboxylic acids is 1. The van der Waals surface area contributed by atoms with Crippen LogP contribution in [0, 0.1) is 17.3 Å². The third kappa shape index (κ3) is 2.45. The van der Waals surface area contributed by atoms with E-state index in [1.165, 1.54) is 0 Å². The summed E-state index contributed by atoms with van der Waals surface area (Å²) in [6.07, 6.45) is 4.24. The van der Waals surface area contributed by atoms with E-state index >= 15 is 0 Å². The van der Waals surface area contributed by atoms with E-state index < -0.39 is 11.4 Å². The van der Waals surface area contributed by atoms with E-state index in [0.29, 0.717) is 6.42 Å². The summed E-state index contributed by atoms with van der Waals surface area (Å²) < 4.78 is 0. The Hall–Kier alpha value is -0.860. The van der Waals surface area contributed by atoms with Crippen LogP contribution in [-0.4, -0.2) is 11.8 Å². The average molecular weight is 225 g/mol. The van der Waals surface area contributed by atoms with Crippen molar-refractivity contribution in [1.29, 1.82) is 0 Å². The Morgan fingerprint density at radius 2 is 1.81 bits per heavy atom. The maximum Gasteiger partial charge on any atom is 0.136 e. The average Bonchev–Trinajstić information content (AvgIpc) is 2.27. The van der Waals surface area contributed by atoms with Gasteiger partial charge in [0.2, 0.25) is 0 Å². The molecular weight excluding hydrogens is 204 g/mol. The van der Waals surface area contributed by atoms with Gasteiger partial charge in [-0.2, -0.15) is 0 Å². The van der Waals surface area contributed by atoms with Crippen molar-refractivity contribution >= 4 is 11.8 Å². The molecule has 0 N–H and O–H groups in total. The second-order valence-electron chi connectivity index (χ2n) is 5.33. The molecule has 1 saturated carbocycles. The molecule has 0 bridgehead atoms. The Labute approximate surface area is 97.2 Å². The highest BCUT2D eigenvalue weighted by Crippen LogP contribution is 2.42. The zero-order chi connectivity index (χ0) is 12.3. The SMILES string of the molecule is CCC(=O)[C@@H]1CCCC[C@@H]1C(C)(C)C(=O)[O-]. The molecular formula is C13H21O3-. The number of rotatable bonds is 4. The van der Waals surface area contributed by atoms with Crippen molar-refractivity contribution in [3.63, 3.8) is 0 Å². The fourth-order valence-electron chi connectivity index (χ4n) is 2.79. The molecule has 92 valence electrons. The Morgan fingerprint density at radius 3 is 2.31 bits per heavy atom. The molecule has 0 saturated heterocycles. The van der Waals surface area contributed by atoms with Gasteiger partial charge < -0.3 is 9.90 Å². The van der Waals surface area contributed by atoms with Gasteiger partial charge in [0.15, 0.2) is 0 Å². The molecule has 1 aliphatic rings. The van der Waals surface area contributed by atoms with Crippen LogP contribution in [0.15, 0.2) is 0 Å². The lowest BCUT2D eigenvalue weighted by molar-refractivity contribution is -0.321. The summed E-state index contributed by atoms with van der Waals surface area (Å²) >= 11 is 0. The Morgan fingerprint density at radius 1 is 1.25 bits per heavy atom. The number of carbonyl (C=O) groups excluding carboxylic acids is 2. The van der Waals surface area contributed by atoms with E-state index in [9.17, 15) is 14.7 Å². The van der Waals surface area contributed by atoms with Crippen molar-refractivity contribution in [2.75, 3.05) is 0 Å². The molecule has 0 unspecified atom stereocenters. The van der Waals surface area contributed by atoms with Crippen LogP contribution in [0.1, 0.15) is 52.9 Å². The van der Waals surface area contributed by atoms with Crippen molar-refractivity contribution in [3.05, 3.63) is 0 Å². The minimum atomic E-state index is -1.03. The standard InChI is InChI=1S/C13H22O3/c1-4-11(14)9-7-5-6-8-10(9)13(2,3)12(15)16/h9-10H,4-8H2,1-3H3,(H,15,16)/p-1/t9-,10+/m1/s1. The Bertz CT molecular complexity index is 281. The summed E-state index contributed by atoms with van der Waals surface area (Å²) in [5.74, 6) is -0.960. The third-order valence-corrected chi connectivity index (χ3v) is 3.98. The van der Waals surface area contributed by atoms with Crippen LogP contribution in [0.2, 0.25) is 0 Å². The highest BCUT2D eigenvalue weighted by Gasteiger charge is 2.40. The van der Waals surface area contributed by atoms with E-state index in [4.69, 9.17) is 0 Å². The topological polar surface area (TPSA) is 57.2 Å². The second kappa shape index (κ2) is 4.98. The fraction of sp³-hybridized carbons (Fsp3) is 0.846. The maximum absolute atomic E-state index is 11.8. The van der Waals surface area contributed by atoms with Crippen LogP contribution in [-0.2, 0) is 9.59 Å². The van der Waals surface area contributed by atoms with E-state index in [1.807, 2.05) is 6.92 Å². The number of carboxylic acid groups (broad SMARTS) is 1. The summed E-state index contributed by atoms with van der Waals surface area (Å²) in [7, 11) is 0. The fourth-order valence-corrected chi connectivity index (χ4v) is 2.79. The first kappa shape index (κ1) is 13.2. The van der Waals surface area contributed by atoms with Crippen molar-refractivity contribution in [3.8, 4) is 0 Å². The molecule has 1 rings (SSSR count). The van der Waals surface area contributed by atoms with Gasteiger partial charge >= 0.3 is 0 Å². The summed E-state index contributed by atoms with van der Waals surface area (Å²) in [4.78, 5) is 23.0. The monoisotopic (exact) mass is 225 g/mol. The van der Waals surface area contributed by atoms with Crippen LogP contribution >= 0.6 is 0 Å². The van der Waals surface area contributed by atoms with Gasteiger partial charge in [0.25, 0.3) is 0 Å². The number of hydrogen-bond acceptors (Lipinski definition) is 3. The smallest absolute Gasteiger partial charge is 0.136 e. The first-order valence-corrected chi connectivity index (χ1v) is 6.15. The highest BCUT2D eigenvalue weighted by molar-refractivity contribution is 5.82. The van der Waals surface area contributed by atoms with Gasteiger partial charge in [-0.1, -0.05) is 33.6 Å². The number of ketones is 1. The first-order valence-electron chi connectivity index (χ1n) is 6.15. The van der Waals surface area contributed by atoms with Crippen molar-refractivity contribution in [2.24, 2.45) is 17.3 Å². The van der Waals surface area contributed by atoms with E-state index in [-0.39, 0.29) is 17.6 Å². The second-order valence-corrected chi connectivity index (χ2v) is 5.33. The zero-order valence-corrected chi connectivity index (χ0v) is 10.4. The Balaban J connectivity index is 2.90. The number of Topliss-reactive ketones (excluding diaryl/α,β-unsaturated/α-hetero) is 1. The molecule has 3 heteroatoms. The van der Waals surface area contributed by atoms with Crippen LogP contribution in [0.5, 0.6) is 0 Å². The van der Waals surface area contributed by atoms with Crippen molar-refractivity contribution in [2.45, 2.75) is 52.9 Å². The quantitative estimate of drug-likeness (QED) is 0.729. The van der Waals surface area contributed by atoms with E-state index in [0.717, 1.165) is 25.7 Å². The maximum atomic E-state index is 11.8. The lowest BCUT2D eigenvalue weighted by atomic mass is 9.64. The molecule has 16 heavy (non-hydrogen) atoms. The van der Waals surface area contributed by atoms with Gasteiger partial charge in [-0.3, -0.25) is 4.79 Å². The van der Waals surface area contributed by atoms with Crippen LogP contribution in [0.3, 0.4) is 0 Å². The minimum absolute atomic E-state index is 0.0568. The molecule has 0 radical (unpaired) electrons. The summed E-state index contributed by atoms with van der Waals surface area (Å²) in [5.41, 5.74) is -0.893. The summed E-state index contributed by atoms with van der Waals surface area (Å²) in [5, 5.41) is 11.2. The lowest BCUT2D eigenvalue weighted by Gasteiger charge is -2.42. The number of carbonyl (C=O) groups is 2. The molecule has 0 aromatic heterocycles. The molecule has 0 aliphatic heterocycles. The van der Waals surface area contributed by atoms with Gasteiger partial charge in [-0.25, -0.2) is 0 Å². The van der Waals surface area contributed by atoms with Crippen LogP contribution < -0.4 is 5.11 Å². The van der Waals surface area contributed by atoms with Gasteiger partial charge in [0.1, 0.15) is 5.78 Å². The molecule has 0 spiro atoms. The highest BCUT2D eigenvalue weighted by atomic mass is 16.4. The molecule has 2 atom stereocenters. The van der Waals surface area contributed by atoms with Crippen LogP contribution in [0.4, 0.5) is 0 Å². The van der Waals surface area contributed by atoms with Gasteiger partial charge in [0, 0.05) is 23.7 Å². The van der Waals surface area contributed by atoms with E-state index in [1.54, 1.807) is 13.8 Å². The summed E-state index contributed by atoms with van der Waals surface area (Å²) in [6, 6.07) is 0. The summed E-state index contributed by atoms with van der Waals surface area (Å²) in [6.45, 7) is 5.22. The molecule has 0 aromatic carbocycles. The third-order valence-electron chi connectivity index (χ3n) is 3.98. The number of aliphatic carboxylic acids is 1. The predicted octanol–water partition coefficient (Wildman–Crippen LogP) is 1.55. The minimum Gasteiger partial charge on any atom is -0.550 e. The Kier molecular flexibility index (Phi) is 4.11. The zero-order valence-electron chi connectivity index (χ0n) is 10.4. The normalized spacial score (nSPS) is 26.4. The molecule has 3 nitrogen and oxygen atoms in total. The van der Waals surface area contributed by atoms with Gasteiger partial charge in [0.05, 0.1) is 0 Å². The van der Waals surface area contributed by atoms with Gasteiger partial charge in [-0.15, -0.1) is 0 Å². The largest absolute Gasteiger partial charge is 0.550 e. The molecule has 0 amide bonds. The molecule has 0 aromatic rings. The number of hydrogen-bond donors (Lipinski definition) is 0. The molecule has 1 fully saturated rings. The predicted molar refractivity (Wildman–Crippen MR) is 59.5 cm³/mol.